The van der Waals surface area contributed by atoms with Crippen LogP contribution in [0.25, 0.3) is 0 Å². The maximum Gasteiger partial charge on any atom is 0.258 e. The van der Waals surface area contributed by atoms with E-state index in [4.69, 9.17) is 9.47 Å². The van der Waals surface area contributed by atoms with Gasteiger partial charge in [-0.15, -0.1) is 0 Å². The Kier molecular flexibility index (Phi) is 6.26. The summed E-state index contributed by atoms with van der Waals surface area (Å²) in [5.41, 5.74) is 3.09. The van der Waals surface area contributed by atoms with Crippen LogP contribution < -0.4 is 14.8 Å². The minimum Gasteiger partial charge on any atom is -0.496 e. The van der Waals surface area contributed by atoms with Crippen LogP contribution in [0.2, 0.25) is 0 Å². The molecule has 0 aliphatic heterocycles. The summed E-state index contributed by atoms with van der Waals surface area (Å²) in [4.78, 5) is 12.2. The maximum absolute atomic E-state index is 12.2. The third kappa shape index (κ3) is 4.51. The lowest BCUT2D eigenvalue weighted by atomic mass is 10.1. The molecule has 0 bridgehead atoms. The van der Waals surface area contributed by atoms with Crippen molar-refractivity contribution in [3.8, 4) is 11.5 Å². The Bertz CT molecular complexity index is 707. The van der Waals surface area contributed by atoms with Gasteiger partial charge in [0.25, 0.3) is 5.91 Å². The molecule has 1 unspecified atom stereocenters. The first kappa shape index (κ1) is 18.3. The minimum atomic E-state index is -0.174. The molecule has 0 aliphatic rings. The fourth-order valence-electron chi connectivity index (χ4n) is 2.52. The van der Waals surface area contributed by atoms with Gasteiger partial charge in [0.15, 0.2) is 6.61 Å². The van der Waals surface area contributed by atoms with Crippen molar-refractivity contribution >= 4 is 21.8 Å². The zero-order valence-electron chi connectivity index (χ0n) is 14.4. The maximum atomic E-state index is 12.2. The summed E-state index contributed by atoms with van der Waals surface area (Å²) in [6, 6.07) is 11.3. The van der Waals surface area contributed by atoms with Crippen LogP contribution in [-0.4, -0.2) is 19.6 Å². The number of halogens is 1. The molecule has 0 spiro atoms. The summed E-state index contributed by atoms with van der Waals surface area (Å²) < 4.78 is 12.0. The molecule has 24 heavy (non-hydrogen) atoms. The highest BCUT2D eigenvalue weighted by Crippen LogP contribution is 2.26. The molecule has 0 fully saturated rings. The van der Waals surface area contributed by atoms with Crippen molar-refractivity contribution in [3.05, 3.63) is 57.6 Å². The molecule has 0 radical (unpaired) electrons. The number of methoxy groups -OCH3 is 1. The lowest BCUT2D eigenvalue weighted by Gasteiger charge is -2.17. The Morgan fingerprint density at radius 2 is 1.83 bits per heavy atom. The molecule has 0 saturated carbocycles. The van der Waals surface area contributed by atoms with Gasteiger partial charge in [-0.2, -0.15) is 0 Å². The Morgan fingerprint density at radius 1 is 1.21 bits per heavy atom. The first-order valence-electron chi connectivity index (χ1n) is 7.74. The topological polar surface area (TPSA) is 47.6 Å². The van der Waals surface area contributed by atoms with Gasteiger partial charge in [-0.25, -0.2) is 0 Å². The molecule has 0 aromatic heterocycles. The molecule has 1 N–H and O–H groups in total. The molecule has 1 atom stereocenters. The predicted molar refractivity (Wildman–Crippen MR) is 98.7 cm³/mol. The fourth-order valence-corrected chi connectivity index (χ4v) is 2.75. The highest BCUT2D eigenvalue weighted by atomic mass is 79.9. The second kappa shape index (κ2) is 8.20. The van der Waals surface area contributed by atoms with E-state index in [1.807, 2.05) is 57.2 Å². The van der Waals surface area contributed by atoms with E-state index in [1.54, 1.807) is 7.11 Å². The van der Waals surface area contributed by atoms with E-state index in [0.717, 1.165) is 26.9 Å². The largest absolute Gasteiger partial charge is 0.496 e. The normalized spacial score (nSPS) is 11.7. The Morgan fingerprint density at radius 3 is 2.46 bits per heavy atom. The zero-order chi connectivity index (χ0) is 17.7. The minimum absolute atomic E-state index is 0.0278. The van der Waals surface area contributed by atoms with Gasteiger partial charge in [0.1, 0.15) is 11.5 Å². The zero-order valence-corrected chi connectivity index (χ0v) is 15.9. The Hall–Kier alpha value is -2.01. The molecule has 0 heterocycles. The smallest absolute Gasteiger partial charge is 0.258 e. The second-order valence-electron chi connectivity index (χ2n) is 5.69. The van der Waals surface area contributed by atoms with E-state index >= 15 is 0 Å². The van der Waals surface area contributed by atoms with Gasteiger partial charge in [-0.1, -0.05) is 34.1 Å². The van der Waals surface area contributed by atoms with E-state index in [9.17, 15) is 4.79 Å². The number of hydrogen-bond acceptors (Lipinski definition) is 3. The van der Waals surface area contributed by atoms with E-state index in [-0.39, 0.29) is 18.6 Å². The highest BCUT2D eigenvalue weighted by molar-refractivity contribution is 9.10. The summed E-state index contributed by atoms with van der Waals surface area (Å²) in [6.45, 7) is 5.88. The van der Waals surface area contributed by atoms with Crippen molar-refractivity contribution in [2.75, 3.05) is 13.7 Å². The molecule has 128 valence electrons. The van der Waals surface area contributed by atoms with Crippen molar-refractivity contribution in [1.82, 2.24) is 5.32 Å². The van der Waals surface area contributed by atoms with Crippen molar-refractivity contribution in [1.29, 1.82) is 0 Å². The monoisotopic (exact) mass is 391 g/mol. The van der Waals surface area contributed by atoms with E-state index < -0.39 is 0 Å². The number of carbonyl (C=O) groups is 1. The highest BCUT2D eigenvalue weighted by Gasteiger charge is 2.14. The molecule has 4 nitrogen and oxygen atoms in total. The van der Waals surface area contributed by atoms with Crippen LogP contribution in [0.1, 0.15) is 29.7 Å². The molecule has 2 aromatic carbocycles. The van der Waals surface area contributed by atoms with Gasteiger partial charge in [-0.3, -0.25) is 4.79 Å². The Labute approximate surface area is 151 Å². The van der Waals surface area contributed by atoms with Crippen molar-refractivity contribution in [3.63, 3.8) is 0 Å². The van der Waals surface area contributed by atoms with Crippen LogP contribution in [0.3, 0.4) is 0 Å². The summed E-state index contributed by atoms with van der Waals surface area (Å²) in [5, 5.41) is 2.93. The van der Waals surface area contributed by atoms with Crippen LogP contribution in [0.4, 0.5) is 0 Å². The van der Waals surface area contributed by atoms with Crippen LogP contribution in [-0.2, 0) is 4.79 Å². The number of nitrogens with one attached hydrogen (secondary N) is 1. The van der Waals surface area contributed by atoms with Gasteiger partial charge in [-0.05, 0) is 50.1 Å². The number of aryl methyl sites for hydroxylation is 2. The van der Waals surface area contributed by atoms with Crippen molar-refractivity contribution in [2.24, 2.45) is 0 Å². The molecule has 2 rings (SSSR count). The third-order valence-corrected chi connectivity index (χ3v) is 5.01. The molecule has 5 heteroatoms. The lowest BCUT2D eigenvalue weighted by molar-refractivity contribution is -0.123. The molecule has 0 saturated heterocycles. The van der Waals surface area contributed by atoms with Crippen LogP contribution in [0, 0.1) is 13.8 Å². The first-order chi connectivity index (χ1) is 11.4. The van der Waals surface area contributed by atoms with E-state index in [0.29, 0.717) is 5.75 Å². The van der Waals surface area contributed by atoms with Gasteiger partial charge in [0.2, 0.25) is 0 Å². The van der Waals surface area contributed by atoms with Crippen molar-refractivity contribution < 1.29 is 14.3 Å². The quantitative estimate of drug-likeness (QED) is 0.796. The fraction of sp³-hybridized carbons (Fsp3) is 0.316. The van der Waals surface area contributed by atoms with E-state index in [1.165, 1.54) is 0 Å². The van der Waals surface area contributed by atoms with E-state index in [2.05, 4.69) is 21.2 Å². The average molecular weight is 392 g/mol. The number of carbonyl (C=O) groups excluding carboxylic acids is 1. The number of rotatable bonds is 6. The van der Waals surface area contributed by atoms with Crippen molar-refractivity contribution in [2.45, 2.75) is 26.8 Å². The second-order valence-corrected chi connectivity index (χ2v) is 6.48. The van der Waals surface area contributed by atoms with Crippen LogP contribution in [0.5, 0.6) is 11.5 Å². The van der Waals surface area contributed by atoms with Crippen LogP contribution in [0.15, 0.2) is 40.9 Å². The standard InChI is InChI=1S/C19H22BrNO3/c1-12-9-15(10-13(2)19(12)20)24-11-18(22)21-14(3)16-7-5-6-8-17(16)23-4/h5-10,14H,11H2,1-4H3,(H,21,22). The number of amides is 1. The van der Waals surface area contributed by atoms with Gasteiger partial charge in [0, 0.05) is 10.0 Å². The number of ether oxygens (including phenoxy) is 2. The summed E-state index contributed by atoms with van der Waals surface area (Å²) in [6.07, 6.45) is 0. The van der Waals surface area contributed by atoms with Gasteiger partial charge in [0.05, 0.1) is 13.2 Å². The number of hydrogen-bond donors (Lipinski definition) is 1. The molecule has 2 aromatic rings. The SMILES string of the molecule is COc1ccccc1C(C)NC(=O)COc1cc(C)c(Br)c(C)c1. The molecular weight excluding hydrogens is 370 g/mol. The van der Waals surface area contributed by atoms with Gasteiger partial charge < -0.3 is 14.8 Å². The van der Waals surface area contributed by atoms with Crippen LogP contribution >= 0.6 is 15.9 Å². The van der Waals surface area contributed by atoms with Gasteiger partial charge >= 0.3 is 0 Å². The Balaban J connectivity index is 1.96. The third-order valence-electron chi connectivity index (χ3n) is 3.76. The predicted octanol–water partition coefficient (Wildman–Crippen LogP) is 4.33. The summed E-state index contributed by atoms with van der Waals surface area (Å²) in [7, 11) is 1.62. The number of benzene rings is 2. The summed E-state index contributed by atoms with van der Waals surface area (Å²) in [5.74, 6) is 1.27. The average Bonchev–Trinajstić information content (AvgIpc) is 2.57. The molecule has 0 aliphatic carbocycles. The first-order valence-corrected chi connectivity index (χ1v) is 8.53. The number of para-hydroxylation sites is 1. The molecular formula is C19H22BrNO3. The summed E-state index contributed by atoms with van der Waals surface area (Å²) >= 11 is 3.52. The molecule has 1 amide bonds. The lowest BCUT2D eigenvalue weighted by Crippen LogP contribution is -2.31.